The molecule has 1 aromatic heterocycles. The minimum Gasteiger partial charge on any atom is -0.481 e. The molecule has 2 atom stereocenters. The molecule has 0 amide bonds. The van der Waals surface area contributed by atoms with Gasteiger partial charge < -0.3 is 10.4 Å². The summed E-state index contributed by atoms with van der Waals surface area (Å²) < 4.78 is 0. The summed E-state index contributed by atoms with van der Waals surface area (Å²) in [5.41, 5.74) is 1.25. The Morgan fingerprint density at radius 2 is 2.26 bits per heavy atom. The highest BCUT2D eigenvalue weighted by molar-refractivity contribution is 5.69. The van der Waals surface area contributed by atoms with Gasteiger partial charge in [0.05, 0.1) is 5.92 Å². The highest BCUT2D eigenvalue weighted by Crippen LogP contribution is 2.14. The number of aromatic nitrogens is 1. The first-order chi connectivity index (χ1) is 9.02. The van der Waals surface area contributed by atoms with Crippen LogP contribution >= 0.6 is 0 Å². The standard InChI is InChI=1S/C14H19N3O2/c1-10(14(18)19)4-3-5-11(2)17-12-6-7-16-13(8-12)9-15/h6-8,10-11H,3-5H2,1-2H3,(H,16,17)(H,18,19). The highest BCUT2D eigenvalue weighted by atomic mass is 16.4. The highest BCUT2D eigenvalue weighted by Gasteiger charge is 2.11. The Hall–Kier alpha value is -2.09. The Balaban J connectivity index is 2.37. The lowest BCUT2D eigenvalue weighted by Gasteiger charge is -2.15. The quantitative estimate of drug-likeness (QED) is 0.788. The SMILES string of the molecule is CC(CCCC(C)C(=O)O)Nc1ccnc(C#N)c1. The Kier molecular flexibility index (Phi) is 5.80. The van der Waals surface area contributed by atoms with E-state index in [0.717, 1.165) is 18.5 Å². The van der Waals surface area contributed by atoms with Crippen molar-refractivity contribution >= 4 is 11.7 Å². The van der Waals surface area contributed by atoms with E-state index in [9.17, 15) is 4.79 Å². The van der Waals surface area contributed by atoms with Crippen LogP contribution in [0.2, 0.25) is 0 Å². The molecule has 0 aliphatic rings. The number of hydrogen-bond acceptors (Lipinski definition) is 4. The van der Waals surface area contributed by atoms with Gasteiger partial charge in [-0.3, -0.25) is 4.79 Å². The van der Waals surface area contributed by atoms with Gasteiger partial charge in [-0.1, -0.05) is 13.3 Å². The van der Waals surface area contributed by atoms with Crippen LogP contribution in [-0.4, -0.2) is 22.1 Å². The minimum absolute atomic E-state index is 0.231. The first kappa shape index (κ1) is 15.0. The van der Waals surface area contributed by atoms with Gasteiger partial charge in [-0.15, -0.1) is 0 Å². The second kappa shape index (κ2) is 7.37. The molecule has 5 heteroatoms. The van der Waals surface area contributed by atoms with E-state index in [1.54, 1.807) is 19.2 Å². The van der Waals surface area contributed by atoms with Gasteiger partial charge >= 0.3 is 5.97 Å². The summed E-state index contributed by atoms with van der Waals surface area (Å²) in [6, 6.07) is 5.75. The lowest BCUT2D eigenvalue weighted by Crippen LogP contribution is -2.16. The molecule has 0 saturated heterocycles. The van der Waals surface area contributed by atoms with Crippen molar-refractivity contribution in [3.05, 3.63) is 24.0 Å². The predicted octanol–water partition coefficient (Wildman–Crippen LogP) is 2.64. The van der Waals surface area contributed by atoms with E-state index >= 15 is 0 Å². The number of nitriles is 1. The lowest BCUT2D eigenvalue weighted by molar-refractivity contribution is -0.141. The van der Waals surface area contributed by atoms with Crippen molar-refractivity contribution in [2.45, 2.75) is 39.2 Å². The molecule has 0 radical (unpaired) electrons. The van der Waals surface area contributed by atoms with Crippen molar-refractivity contribution in [3.8, 4) is 6.07 Å². The van der Waals surface area contributed by atoms with Gasteiger partial charge in [0, 0.05) is 17.9 Å². The average Bonchev–Trinajstić information content (AvgIpc) is 2.38. The van der Waals surface area contributed by atoms with Crippen molar-refractivity contribution in [2.24, 2.45) is 5.92 Å². The molecule has 0 saturated carbocycles. The molecule has 0 fully saturated rings. The monoisotopic (exact) mass is 261 g/mol. The summed E-state index contributed by atoms with van der Waals surface area (Å²) in [4.78, 5) is 14.6. The molecule has 0 aromatic carbocycles. The van der Waals surface area contributed by atoms with Crippen LogP contribution in [0.15, 0.2) is 18.3 Å². The van der Waals surface area contributed by atoms with Gasteiger partial charge in [-0.25, -0.2) is 4.98 Å². The number of anilines is 1. The molecule has 0 aliphatic heterocycles. The molecule has 2 unspecified atom stereocenters. The third-order valence-electron chi connectivity index (χ3n) is 2.98. The number of nitrogens with zero attached hydrogens (tertiary/aromatic N) is 2. The number of hydrogen-bond donors (Lipinski definition) is 2. The van der Waals surface area contributed by atoms with Crippen LogP contribution in [0.4, 0.5) is 5.69 Å². The van der Waals surface area contributed by atoms with Crippen LogP contribution in [0, 0.1) is 17.2 Å². The zero-order chi connectivity index (χ0) is 14.3. The van der Waals surface area contributed by atoms with E-state index in [4.69, 9.17) is 10.4 Å². The first-order valence-corrected chi connectivity index (χ1v) is 6.38. The van der Waals surface area contributed by atoms with E-state index < -0.39 is 5.97 Å². The third-order valence-corrected chi connectivity index (χ3v) is 2.98. The molecule has 2 N–H and O–H groups in total. The normalized spacial score (nSPS) is 13.3. The zero-order valence-corrected chi connectivity index (χ0v) is 11.3. The van der Waals surface area contributed by atoms with Gasteiger partial charge in [0.15, 0.2) is 0 Å². The fourth-order valence-electron chi connectivity index (χ4n) is 1.79. The van der Waals surface area contributed by atoms with E-state index in [1.807, 2.05) is 19.1 Å². The molecular weight excluding hydrogens is 242 g/mol. The number of carboxylic acid groups (broad SMARTS) is 1. The summed E-state index contributed by atoms with van der Waals surface area (Å²) in [6.45, 7) is 3.76. The Morgan fingerprint density at radius 3 is 2.89 bits per heavy atom. The second-order valence-electron chi connectivity index (χ2n) is 4.76. The zero-order valence-electron chi connectivity index (χ0n) is 11.3. The maximum atomic E-state index is 10.7. The first-order valence-electron chi connectivity index (χ1n) is 6.38. The van der Waals surface area contributed by atoms with Gasteiger partial charge in [0.2, 0.25) is 0 Å². The van der Waals surface area contributed by atoms with Crippen LogP contribution < -0.4 is 5.32 Å². The van der Waals surface area contributed by atoms with Crippen molar-refractivity contribution in [1.82, 2.24) is 4.98 Å². The van der Waals surface area contributed by atoms with Crippen molar-refractivity contribution in [2.75, 3.05) is 5.32 Å². The molecule has 19 heavy (non-hydrogen) atoms. The van der Waals surface area contributed by atoms with E-state index in [2.05, 4.69) is 10.3 Å². The summed E-state index contributed by atoms with van der Waals surface area (Å²) in [6.07, 6.45) is 4.03. The van der Waals surface area contributed by atoms with Crippen LogP contribution in [0.5, 0.6) is 0 Å². The molecule has 1 rings (SSSR count). The fourth-order valence-corrected chi connectivity index (χ4v) is 1.79. The maximum Gasteiger partial charge on any atom is 0.306 e. The Morgan fingerprint density at radius 1 is 1.53 bits per heavy atom. The van der Waals surface area contributed by atoms with Crippen molar-refractivity contribution in [3.63, 3.8) is 0 Å². The van der Waals surface area contributed by atoms with Crippen LogP contribution in [0.1, 0.15) is 38.8 Å². The molecule has 5 nitrogen and oxygen atoms in total. The maximum absolute atomic E-state index is 10.7. The Labute approximate surface area is 113 Å². The number of pyridine rings is 1. The van der Waals surface area contributed by atoms with Crippen molar-refractivity contribution in [1.29, 1.82) is 5.26 Å². The van der Waals surface area contributed by atoms with Gasteiger partial charge in [-0.05, 0) is 31.9 Å². The fraction of sp³-hybridized carbons (Fsp3) is 0.500. The van der Waals surface area contributed by atoms with Crippen LogP contribution in [0.25, 0.3) is 0 Å². The molecular formula is C14H19N3O2. The van der Waals surface area contributed by atoms with E-state index in [-0.39, 0.29) is 12.0 Å². The third kappa shape index (κ3) is 5.38. The minimum atomic E-state index is -0.742. The van der Waals surface area contributed by atoms with Gasteiger partial charge in [0.25, 0.3) is 0 Å². The Bertz CT molecular complexity index is 468. The number of carbonyl (C=O) groups is 1. The molecule has 0 bridgehead atoms. The summed E-state index contributed by atoms with van der Waals surface area (Å²) in [5.74, 6) is -1.04. The van der Waals surface area contributed by atoms with Crippen LogP contribution in [-0.2, 0) is 4.79 Å². The van der Waals surface area contributed by atoms with Crippen LogP contribution in [0.3, 0.4) is 0 Å². The molecule has 1 heterocycles. The largest absolute Gasteiger partial charge is 0.481 e. The topological polar surface area (TPSA) is 86.0 Å². The number of carboxylic acids is 1. The van der Waals surface area contributed by atoms with E-state index in [0.29, 0.717) is 12.1 Å². The van der Waals surface area contributed by atoms with Crippen molar-refractivity contribution < 1.29 is 9.90 Å². The number of nitrogens with one attached hydrogen (secondary N) is 1. The molecule has 0 spiro atoms. The summed E-state index contributed by atoms with van der Waals surface area (Å²) >= 11 is 0. The molecule has 102 valence electrons. The smallest absolute Gasteiger partial charge is 0.306 e. The van der Waals surface area contributed by atoms with Gasteiger partial charge in [0.1, 0.15) is 11.8 Å². The summed E-state index contributed by atoms with van der Waals surface area (Å²) in [5, 5.41) is 20.8. The second-order valence-corrected chi connectivity index (χ2v) is 4.76. The number of rotatable bonds is 7. The number of aliphatic carboxylic acids is 1. The average molecular weight is 261 g/mol. The predicted molar refractivity (Wildman–Crippen MR) is 72.7 cm³/mol. The molecule has 1 aromatic rings. The molecule has 0 aliphatic carbocycles. The summed E-state index contributed by atoms with van der Waals surface area (Å²) in [7, 11) is 0. The lowest BCUT2D eigenvalue weighted by atomic mass is 10.0. The van der Waals surface area contributed by atoms with Gasteiger partial charge in [-0.2, -0.15) is 5.26 Å². The van der Waals surface area contributed by atoms with E-state index in [1.165, 1.54) is 0 Å².